The van der Waals surface area contributed by atoms with Gasteiger partial charge in [0.25, 0.3) is 5.24 Å². The fraction of sp³-hybridized carbons (Fsp3) is 0.0952. The second-order valence-electron chi connectivity index (χ2n) is 6.67. The lowest BCUT2D eigenvalue weighted by atomic mass is 10.2. The number of furan rings is 1. The number of aliphatic hydroxyl groups excluding tert-OH is 1. The molecule has 1 saturated heterocycles. The number of benzene rings is 2. The van der Waals surface area contributed by atoms with E-state index in [2.05, 4.69) is 0 Å². The van der Waals surface area contributed by atoms with Crippen molar-refractivity contribution < 1.29 is 22.7 Å². The zero-order chi connectivity index (χ0) is 21.3. The third-order valence-electron chi connectivity index (χ3n) is 4.56. The van der Waals surface area contributed by atoms with Crippen molar-refractivity contribution in [1.82, 2.24) is 4.90 Å². The van der Waals surface area contributed by atoms with Crippen LogP contribution >= 0.6 is 11.8 Å². The molecule has 3 aromatic rings. The molecular formula is C21H18N2O5S2. The molecule has 1 aliphatic rings. The second kappa shape index (κ2) is 8.11. The van der Waals surface area contributed by atoms with Gasteiger partial charge in [-0.3, -0.25) is 9.69 Å². The second-order valence-corrected chi connectivity index (χ2v) is 9.26. The first-order valence-electron chi connectivity index (χ1n) is 8.96. The lowest BCUT2D eigenvalue weighted by Crippen LogP contribution is -2.31. The summed E-state index contributed by atoms with van der Waals surface area (Å²) in [7, 11) is -3.76. The molecule has 3 N–H and O–H groups in total. The summed E-state index contributed by atoms with van der Waals surface area (Å²) in [5.41, 5.74) is 1.60. The number of rotatable bonds is 5. The van der Waals surface area contributed by atoms with Gasteiger partial charge in [-0.1, -0.05) is 30.3 Å². The van der Waals surface area contributed by atoms with Crippen molar-refractivity contribution in [2.75, 3.05) is 0 Å². The molecule has 154 valence electrons. The maximum Gasteiger partial charge on any atom is 0.288 e. The SMILES string of the molecule is NS(=O)(=O)c1ccc(-c2ccc(/C=C3\SC(=O)N(Cc4ccccc4)C3O)o2)cc1. The Bertz CT molecular complexity index is 1200. The number of amides is 1. The number of carbonyl (C=O) groups is 1. The number of carbonyl (C=O) groups excluding carboxylic acids is 1. The van der Waals surface area contributed by atoms with Crippen LogP contribution in [0, 0.1) is 0 Å². The summed E-state index contributed by atoms with van der Waals surface area (Å²) >= 11 is 0.963. The van der Waals surface area contributed by atoms with Gasteiger partial charge in [-0.05, 0) is 59.8 Å². The number of nitrogens with two attached hydrogens (primary N) is 1. The fourth-order valence-electron chi connectivity index (χ4n) is 3.04. The van der Waals surface area contributed by atoms with E-state index in [9.17, 15) is 18.3 Å². The molecule has 2 heterocycles. The van der Waals surface area contributed by atoms with E-state index in [1.165, 1.54) is 17.0 Å². The minimum absolute atomic E-state index is 0.0163. The van der Waals surface area contributed by atoms with Gasteiger partial charge in [-0.2, -0.15) is 0 Å². The van der Waals surface area contributed by atoms with Crippen molar-refractivity contribution in [2.45, 2.75) is 17.7 Å². The van der Waals surface area contributed by atoms with Crippen LogP contribution in [-0.4, -0.2) is 29.9 Å². The number of thioether (sulfide) groups is 1. The number of aliphatic hydroxyl groups is 1. The van der Waals surface area contributed by atoms with Crippen molar-refractivity contribution in [3.05, 3.63) is 83.0 Å². The van der Waals surface area contributed by atoms with Crippen molar-refractivity contribution in [2.24, 2.45) is 5.14 Å². The largest absolute Gasteiger partial charge is 0.457 e. The summed E-state index contributed by atoms with van der Waals surface area (Å²) in [5, 5.41) is 15.5. The zero-order valence-electron chi connectivity index (χ0n) is 15.6. The lowest BCUT2D eigenvalue weighted by Gasteiger charge is -2.19. The van der Waals surface area contributed by atoms with Crippen LogP contribution in [0.25, 0.3) is 17.4 Å². The van der Waals surface area contributed by atoms with Gasteiger partial charge in [0.05, 0.1) is 4.90 Å². The number of sulfonamides is 1. The Labute approximate surface area is 177 Å². The van der Waals surface area contributed by atoms with Crippen LogP contribution in [-0.2, 0) is 16.6 Å². The highest BCUT2D eigenvalue weighted by Gasteiger charge is 2.35. The van der Waals surface area contributed by atoms with Crippen LogP contribution in [0.2, 0.25) is 0 Å². The average Bonchev–Trinajstić information content (AvgIpc) is 3.29. The van der Waals surface area contributed by atoms with Crippen LogP contribution in [0.15, 0.2) is 80.9 Å². The molecule has 0 radical (unpaired) electrons. The predicted molar refractivity (Wildman–Crippen MR) is 114 cm³/mol. The van der Waals surface area contributed by atoms with Crippen LogP contribution in [0.3, 0.4) is 0 Å². The standard InChI is InChI=1S/C21H18N2O5S2/c22-30(26,27)17-9-6-15(7-10-17)18-11-8-16(28-18)12-19-20(24)23(21(25)29-19)13-14-4-2-1-3-5-14/h1-12,20,24H,13H2,(H2,22,26,27)/b19-12-. The Kier molecular flexibility index (Phi) is 5.52. The molecule has 1 atom stereocenters. The van der Waals surface area contributed by atoms with Gasteiger partial charge in [-0.25, -0.2) is 13.6 Å². The smallest absolute Gasteiger partial charge is 0.288 e. The molecule has 1 fully saturated rings. The first-order chi connectivity index (χ1) is 14.3. The van der Waals surface area contributed by atoms with E-state index in [1.54, 1.807) is 30.3 Å². The predicted octanol–water partition coefficient (Wildman–Crippen LogP) is 3.62. The fourth-order valence-corrected chi connectivity index (χ4v) is 4.44. The molecule has 1 aromatic heterocycles. The first-order valence-corrected chi connectivity index (χ1v) is 11.3. The molecule has 1 aliphatic heterocycles. The summed E-state index contributed by atoms with van der Waals surface area (Å²) < 4.78 is 28.5. The summed E-state index contributed by atoms with van der Waals surface area (Å²) in [5.74, 6) is 0.990. The van der Waals surface area contributed by atoms with Crippen molar-refractivity contribution >= 4 is 33.1 Å². The average molecular weight is 443 g/mol. The van der Waals surface area contributed by atoms with E-state index in [4.69, 9.17) is 9.56 Å². The van der Waals surface area contributed by atoms with Gasteiger partial charge in [0, 0.05) is 17.0 Å². The lowest BCUT2D eigenvalue weighted by molar-refractivity contribution is 0.0764. The Morgan fingerprint density at radius 3 is 2.43 bits per heavy atom. The van der Waals surface area contributed by atoms with Crippen molar-refractivity contribution in [3.63, 3.8) is 0 Å². The van der Waals surface area contributed by atoms with Crippen molar-refractivity contribution in [1.29, 1.82) is 0 Å². The summed E-state index contributed by atoms with van der Waals surface area (Å²) in [4.78, 5) is 14.2. The molecule has 2 aromatic carbocycles. The minimum atomic E-state index is -3.76. The van der Waals surface area contributed by atoms with E-state index in [-0.39, 0.29) is 10.1 Å². The van der Waals surface area contributed by atoms with E-state index in [0.29, 0.717) is 28.5 Å². The number of hydrogen-bond acceptors (Lipinski definition) is 6. The third-order valence-corrected chi connectivity index (χ3v) is 6.47. The number of nitrogens with zero attached hydrogens (tertiary/aromatic N) is 1. The van der Waals surface area contributed by atoms with Crippen molar-refractivity contribution in [3.8, 4) is 11.3 Å². The van der Waals surface area contributed by atoms with Crippen LogP contribution < -0.4 is 5.14 Å². The van der Waals surface area contributed by atoms with E-state index < -0.39 is 16.3 Å². The highest BCUT2D eigenvalue weighted by molar-refractivity contribution is 8.17. The van der Waals surface area contributed by atoms with Gasteiger partial charge < -0.3 is 9.52 Å². The molecule has 7 nitrogen and oxygen atoms in total. The highest BCUT2D eigenvalue weighted by atomic mass is 32.2. The summed E-state index contributed by atoms with van der Waals surface area (Å²) in [6, 6.07) is 18.9. The van der Waals surface area contributed by atoms with Gasteiger partial charge in [0.15, 0.2) is 6.23 Å². The van der Waals surface area contributed by atoms with Crippen LogP contribution in [0.1, 0.15) is 11.3 Å². The normalized spacial score (nSPS) is 18.3. The van der Waals surface area contributed by atoms with E-state index in [1.807, 2.05) is 30.3 Å². The molecule has 1 amide bonds. The number of hydrogen-bond donors (Lipinski definition) is 2. The highest BCUT2D eigenvalue weighted by Crippen LogP contribution is 2.37. The Morgan fingerprint density at radius 1 is 1.07 bits per heavy atom. The maximum absolute atomic E-state index is 12.3. The van der Waals surface area contributed by atoms with Crippen LogP contribution in [0.4, 0.5) is 4.79 Å². The number of primary sulfonamides is 1. The molecule has 0 bridgehead atoms. The van der Waals surface area contributed by atoms with E-state index in [0.717, 1.165) is 17.3 Å². The molecule has 30 heavy (non-hydrogen) atoms. The van der Waals surface area contributed by atoms with Crippen LogP contribution in [0.5, 0.6) is 0 Å². The molecule has 1 unspecified atom stereocenters. The monoisotopic (exact) mass is 442 g/mol. The molecule has 0 saturated carbocycles. The molecule has 4 rings (SSSR count). The van der Waals surface area contributed by atoms with Gasteiger partial charge in [0.1, 0.15) is 11.5 Å². The quantitative estimate of drug-likeness (QED) is 0.624. The summed E-state index contributed by atoms with van der Waals surface area (Å²) in [6.07, 6.45) is 0.575. The molecule has 0 aliphatic carbocycles. The van der Waals surface area contributed by atoms with E-state index >= 15 is 0 Å². The minimum Gasteiger partial charge on any atom is -0.457 e. The molecule has 0 spiro atoms. The molecular weight excluding hydrogens is 424 g/mol. The first kappa shape index (κ1) is 20.4. The van der Waals surface area contributed by atoms with Gasteiger partial charge in [-0.15, -0.1) is 0 Å². The van der Waals surface area contributed by atoms with Gasteiger partial charge in [0.2, 0.25) is 10.0 Å². The summed E-state index contributed by atoms with van der Waals surface area (Å²) in [6.45, 7) is 0.311. The Balaban J connectivity index is 1.52. The topological polar surface area (TPSA) is 114 Å². The van der Waals surface area contributed by atoms with Gasteiger partial charge >= 0.3 is 0 Å². The Morgan fingerprint density at radius 2 is 1.77 bits per heavy atom. The molecule has 9 heteroatoms. The maximum atomic E-state index is 12.3. The zero-order valence-corrected chi connectivity index (χ0v) is 17.3. The third kappa shape index (κ3) is 4.34. The Hall–Kier alpha value is -2.85.